The molecule has 4 aromatic rings. The number of carbonyl (C=O) groups excluding carboxylic acids is 2. The predicted octanol–water partition coefficient (Wildman–Crippen LogP) is 6.40. The summed E-state index contributed by atoms with van der Waals surface area (Å²) in [5.41, 5.74) is 3.52. The maximum absolute atomic E-state index is 13.0. The fourth-order valence-electron chi connectivity index (χ4n) is 4.27. The summed E-state index contributed by atoms with van der Waals surface area (Å²) in [5.74, 6) is -0.183. The number of allylic oxidation sites excluding steroid dienone is 1. The average molecular weight is 516 g/mol. The molecule has 1 aliphatic heterocycles. The lowest BCUT2D eigenvalue weighted by Gasteiger charge is -2.36. The highest BCUT2D eigenvalue weighted by molar-refractivity contribution is 6.43. The highest BCUT2D eigenvalue weighted by Gasteiger charge is 2.23. The molecular weight excluding hydrogens is 493 g/mol. The fraction of sp³-hybridized carbons (Fsp3) is 0.138. The van der Waals surface area contributed by atoms with Crippen molar-refractivity contribution in [3.63, 3.8) is 0 Å². The molecule has 1 saturated heterocycles. The number of fused-ring (bicyclic) bond motifs is 1. The molecule has 0 radical (unpaired) electrons. The van der Waals surface area contributed by atoms with Gasteiger partial charge in [0.05, 0.1) is 21.2 Å². The first-order valence-corrected chi connectivity index (χ1v) is 12.4. The summed E-state index contributed by atoms with van der Waals surface area (Å²) >= 11 is 12.5. The number of carbonyl (C=O) groups is 2. The van der Waals surface area contributed by atoms with Crippen LogP contribution in [0.1, 0.15) is 26.4 Å². The van der Waals surface area contributed by atoms with E-state index in [1.807, 2.05) is 59.5 Å². The molecule has 1 aromatic heterocycles. The van der Waals surface area contributed by atoms with Crippen LogP contribution in [0.5, 0.6) is 0 Å². The number of anilines is 1. The molecule has 1 fully saturated rings. The normalized spacial score (nSPS) is 13.9. The Morgan fingerprint density at radius 1 is 0.806 bits per heavy atom. The maximum atomic E-state index is 13.0. The van der Waals surface area contributed by atoms with Gasteiger partial charge in [0.25, 0.3) is 5.91 Å². The third-order valence-corrected chi connectivity index (χ3v) is 7.08. The standard InChI is InChI=1S/C29H23Cl2N3O2/c30-23-5-3-7-26(28(23)31)33-16-18-34(19-17-33)29(36)22-11-8-20(9-12-22)10-15-27(35)25-14-13-21-4-1-2-6-24(21)32-25/h1-15H,16-19H2. The van der Waals surface area contributed by atoms with Gasteiger partial charge in [0, 0.05) is 37.1 Å². The number of piperazine rings is 1. The van der Waals surface area contributed by atoms with Crippen molar-refractivity contribution in [1.29, 1.82) is 0 Å². The van der Waals surface area contributed by atoms with E-state index in [0.717, 1.165) is 22.2 Å². The van der Waals surface area contributed by atoms with Crippen LogP contribution in [-0.4, -0.2) is 47.8 Å². The molecule has 0 atom stereocenters. The zero-order valence-corrected chi connectivity index (χ0v) is 20.9. The molecule has 0 aliphatic carbocycles. The predicted molar refractivity (Wildman–Crippen MR) is 146 cm³/mol. The topological polar surface area (TPSA) is 53.5 Å². The molecule has 1 aliphatic rings. The van der Waals surface area contributed by atoms with Crippen molar-refractivity contribution in [2.24, 2.45) is 0 Å². The maximum Gasteiger partial charge on any atom is 0.253 e. The lowest BCUT2D eigenvalue weighted by molar-refractivity contribution is 0.0746. The summed E-state index contributed by atoms with van der Waals surface area (Å²) in [6.07, 6.45) is 3.25. The van der Waals surface area contributed by atoms with Crippen LogP contribution in [0, 0.1) is 0 Å². The van der Waals surface area contributed by atoms with Crippen molar-refractivity contribution in [2.45, 2.75) is 0 Å². The Balaban J connectivity index is 1.20. The van der Waals surface area contributed by atoms with E-state index in [9.17, 15) is 9.59 Å². The van der Waals surface area contributed by atoms with Gasteiger partial charge >= 0.3 is 0 Å². The molecule has 1 amide bonds. The lowest BCUT2D eigenvalue weighted by atomic mass is 10.1. The van der Waals surface area contributed by atoms with Gasteiger partial charge in [0.1, 0.15) is 5.69 Å². The van der Waals surface area contributed by atoms with E-state index < -0.39 is 0 Å². The summed E-state index contributed by atoms with van der Waals surface area (Å²) < 4.78 is 0. The number of aromatic nitrogens is 1. The highest BCUT2D eigenvalue weighted by Crippen LogP contribution is 2.33. The number of ketones is 1. The molecule has 3 aromatic carbocycles. The zero-order valence-electron chi connectivity index (χ0n) is 19.4. The zero-order chi connectivity index (χ0) is 25.1. The van der Waals surface area contributed by atoms with Crippen molar-refractivity contribution in [3.8, 4) is 0 Å². The molecule has 0 N–H and O–H groups in total. The number of halogens is 2. The van der Waals surface area contributed by atoms with Crippen LogP contribution in [0.4, 0.5) is 5.69 Å². The summed E-state index contributed by atoms with van der Waals surface area (Å²) in [6.45, 7) is 2.54. The lowest BCUT2D eigenvalue weighted by Crippen LogP contribution is -2.48. The number of pyridine rings is 1. The van der Waals surface area contributed by atoms with Crippen LogP contribution in [0.3, 0.4) is 0 Å². The molecule has 2 heterocycles. The highest BCUT2D eigenvalue weighted by atomic mass is 35.5. The van der Waals surface area contributed by atoms with Crippen LogP contribution in [0.2, 0.25) is 10.0 Å². The molecule has 0 spiro atoms. The fourth-order valence-corrected chi connectivity index (χ4v) is 4.68. The number of amides is 1. The van der Waals surface area contributed by atoms with Gasteiger partial charge in [0.2, 0.25) is 5.78 Å². The minimum absolute atomic E-state index is 0.0150. The SMILES string of the molecule is O=C(C=Cc1ccc(C(=O)N2CCN(c3cccc(Cl)c3Cl)CC2)cc1)c1ccc2ccccc2n1. The Morgan fingerprint density at radius 2 is 1.56 bits per heavy atom. The minimum atomic E-state index is -0.168. The van der Waals surface area contributed by atoms with E-state index in [4.69, 9.17) is 23.2 Å². The quantitative estimate of drug-likeness (QED) is 0.228. The molecule has 180 valence electrons. The van der Waals surface area contributed by atoms with Gasteiger partial charge < -0.3 is 9.80 Å². The van der Waals surface area contributed by atoms with E-state index in [-0.39, 0.29) is 11.7 Å². The molecule has 0 saturated carbocycles. The number of para-hydroxylation sites is 1. The van der Waals surface area contributed by atoms with E-state index in [1.54, 1.807) is 30.3 Å². The molecule has 7 heteroatoms. The molecule has 5 nitrogen and oxygen atoms in total. The third-order valence-electron chi connectivity index (χ3n) is 6.27. The Labute approximate surface area is 219 Å². The van der Waals surface area contributed by atoms with Crippen LogP contribution in [-0.2, 0) is 0 Å². The summed E-state index contributed by atoms with van der Waals surface area (Å²) in [7, 11) is 0. The number of rotatable bonds is 5. The first kappa shape index (κ1) is 24.0. The van der Waals surface area contributed by atoms with Crippen LogP contribution in [0.15, 0.2) is 84.9 Å². The van der Waals surface area contributed by atoms with E-state index in [1.165, 1.54) is 6.08 Å². The van der Waals surface area contributed by atoms with Gasteiger partial charge in [-0.2, -0.15) is 0 Å². The van der Waals surface area contributed by atoms with Crippen LogP contribution >= 0.6 is 23.2 Å². The van der Waals surface area contributed by atoms with E-state index >= 15 is 0 Å². The van der Waals surface area contributed by atoms with Crippen molar-refractivity contribution >= 4 is 57.6 Å². The first-order chi connectivity index (χ1) is 17.5. The van der Waals surface area contributed by atoms with Gasteiger partial charge in [-0.3, -0.25) is 9.59 Å². The third kappa shape index (κ3) is 5.13. The number of benzene rings is 3. The summed E-state index contributed by atoms with van der Waals surface area (Å²) in [6, 6.07) is 24.2. The summed E-state index contributed by atoms with van der Waals surface area (Å²) in [5, 5.41) is 2.06. The minimum Gasteiger partial charge on any atom is -0.367 e. The molecule has 36 heavy (non-hydrogen) atoms. The second kappa shape index (κ2) is 10.5. The first-order valence-electron chi connectivity index (χ1n) is 11.7. The Hall–Kier alpha value is -3.67. The van der Waals surface area contributed by atoms with E-state index in [0.29, 0.717) is 47.5 Å². The van der Waals surface area contributed by atoms with Crippen LogP contribution < -0.4 is 4.90 Å². The van der Waals surface area contributed by atoms with Gasteiger partial charge in [-0.15, -0.1) is 0 Å². The van der Waals surface area contributed by atoms with Gasteiger partial charge in [-0.1, -0.05) is 71.7 Å². The van der Waals surface area contributed by atoms with Crippen molar-refractivity contribution < 1.29 is 9.59 Å². The second-order valence-corrected chi connectivity index (χ2v) is 9.35. The Bertz CT molecular complexity index is 1460. The molecule has 0 unspecified atom stereocenters. The Morgan fingerprint density at radius 3 is 2.33 bits per heavy atom. The van der Waals surface area contributed by atoms with Gasteiger partial charge in [-0.05, 0) is 48.0 Å². The summed E-state index contributed by atoms with van der Waals surface area (Å²) in [4.78, 5) is 34.0. The van der Waals surface area contributed by atoms with Gasteiger partial charge in [0.15, 0.2) is 0 Å². The van der Waals surface area contributed by atoms with Crippen molar-refractivity contribution in [3.05, 3.63) is 112 Å². The number of nitrogens with zero attached hydrogens (tertiary/aromatic N) is 3. The smallest absolute Gasteiger partial charge is 0.253 e. The Kier molecular flexibility index (Phi) is 7.03. The largest absolute Gasteiger partial charge is 0.367 e. The van der Waals surface area contributed by atoms with Crippen LogP contribution in [0.25, 0.3) is 17.0 Å². The molecule has 0 bridgehead atoms. The second-order valence-electron chi connectivity index (χ2n) is 8.56. The monoisotopic (exact) mass is 515 g/mol. The van der Waals surface area contributed by atoms with Crippen molar-refractivity contribution in [2.75, 3.05) is 31.1 Å². The van der Waals surface area contributed by atoms with Crippen molar-refractivity contribution in [1.82, 2.24) is 9.88 Å². The average Bonchev–Trinajstić information content (AvgIpc) is 2.93. The molecular formula is C29H23Cl2N3O2. The number of hydrogen-bond donors (Lipinski definition) is 0. The van der Waals surface area contributed by atoms with Gasteiger partial charge in [-0.25, -0.2) is 4.98 Å². The number of hydrogen-bond acceptors (Lipinski definition) is 4. The van der Waals surface area contributed by atoms with E-state index in [2.05, 4.69) is 9.88 Å². The molecule has 5 rings (SSSR count).